The lowest BCUT2D eigenvalue weighted by atomic mass is 10.2. The fourth-order valence-corrected chi connectivity index (χ4v) is 3.03. The summed E-state index contributed by atoms with van der Waals surface area (Å²) in [5.74, 6) is -0.457. The molecular weight excluding hydrogens is 368 g/mol. The molecule has 0 aliphatic carbocycles. The molecule has 152 valence electrons. The number of aromatic nitrogens is 1. The Balaban J connectivity index is 1.52. The highest BCUT2D eigenvalue weighted by atomic mass is 16.5. The minimum absolute atomic E-state index is 0.00684. The average Bonchev–Trinajstić information content (AvgIpc) is 2.77. The van der Waals surface area contributed by atoms with Crippen LogP contribution < -0.4 is 10.2 Å². The minimum Gasteiger partial charge on any atom is -0.378 e. The Bertz CT molecular complexity index is 831. The van der Waals surface area contributed by atoms with Crippen LogP contribution in [-0.4, -0.2) is 61.1 Å². The van der Waals surface area contributed by atoms with Crippen LogP contribution in [0.3, 0.4) is 0 Å². The van der Waals surface area contributed by atoms with E-state index in [2.05, 4.69) is 15.2 Å². The van der Waals surface area contributed by atoms with E-state index in [0.29, 0.717) is 17.9 Å². The van der Waals surface area contributed by atoms with Crippen molar-refractivity contribution < 1.29 is 14.3 Å². The van der Waals surface area contributed by atoms with E-state index in [9.17, 15) is 9.59 Å². The molecule has 0 atom stereocenters. The molecule has 0 radical (unpaired) electrons. The zero-order chi connectivity index (χ0) is 20.5. The van der Waals surface area contributed by atoms with Crippen molar-refractivity contribution in [2.45, 2.75) is 6.92 Å². The van der Waals surface area contributed by atoms with Crippen molar-refractivity contribution in [3.8, 4) is 0 Å². The van der Waals surface area contributed by atoms with Gasteiger partial charge in [-0.05, 0) is 49.4 Å². The van der Waals surface area contributed by atoms with Gasteiger partial charge in [0.15, 0.2) is 0 Å². The van der Waals surface area contributed by atoms with Crippen LogP contribution in [0.15, 0.2) is 54.7 Å². The van der Waals surface area contributed by atoms with Crippen LogP contribution in [0.2, 0.25) is 0 Å². The summed E-state index contributed by atoms with van der Waals surface area (Å²) in [4.78, 5) is 32.6. The number of hydrogen-bond donors (Lipinski definition) is 1. The standard InChI is InChI=1S/C22H26N4O3/c1-2-25(22(28)11-8-18-5-3-4-12-23-18)17-21(27)24-19-6-9-20(10-7-19)26-13-15-29-16-14-26/h3-12H,2,13-17H2,1H3,(H,24,27). The number of hydrogen-bond acceptors (Lipinski definition) is 5. The van der Waals surface area contributed by atoms with Gasteiger partial charge in [-0.3, -0.25) is 14.6 Å². The Morgan fingerprint density at radius 1 is 1.17 bits per heavy atom. The van der Waals surface area contributed by atoms with Gasteiger partial charge in [0.05, 0.1) is 18.9 Å². The van der Waals surface area contributed by atoms with E-state index in [4.69, 9.17) is 4.74 Å². The molecule has 7 heteroatoms. The molecule has 1 N–H and O–H groups in total. The smallest absolute Gasteiger partial charge is 0.247 e. The first-order valence-corrected chi connectivity index (χ1v) is 9.76. The Morgan fingerprint density at radius 2 is 1.93 bits per heavy atom. The zero-order valence-electron chi connectivity index (χ0n) is 16.6. The largest absolute Gasteiger partial charge is 0.378 e. The Morgan fingerprint density at radius 3 is 2.59 bits per heavy atom. The molecule has 7 nitrogen and oxygen atoms in total. The van der Waals surface area contributed by atoms with Crippen LogP contribution >= 0.6 is 0 Å². The van der Waals surface area contributed by atoms with E-state index in [1.165, 1.54) is 11.0 Å². The number of nitrogens with zero attached hydrogens (tertiary/aromatic N) is 3. The second-order valence-corrected chi connectivity index (χ2v) is 6.63. The number of anilines is 2. The lowest BCUT2D eigenvalue weighted by Crippen LogP contribution is -2.37. The minimum atomic E-state index is -0.231. The number of pyridine rings is 1. The molecule has 29 heavy (non-hydrogen) atoms. The molecule has 0 bridgehead atoms. The molecule has 1 aromatic heterocycles. The summed E-state index contributed by atoms with van der Waals surface area (Å²) in [6, 6.07) is 13.2. The topological polar surface area (TPSA) is 74.8 Å². The van der Waals surface area contributed by atoms with Gasteiger partial charge >= 0.3 is 0 Å². The first-order valence-electron chi connectivity index (χ1n) is 9.76. The molecule has 0 spiro atoms. The summed E-state index contributed by atoms with van der Waals surface area (Å²) >= 11 is 0. The molecule has 1 saturated heterocycles. The van der Waals surface area contributed by atoms with Crippen LogP contribution in [0.25, 0.3) is 6.08 Å². The number of likely N-dealkylation sites (N-methyl/N-ethyl adjacent to an activating group) is 1. The van der Waals surface area contributed by atoms with Gasteiger partial charge in [-0.2, -0.15) is 0 Å². The van der Waals surface area contributed by atoms with Gasteiger partial charge in [0.2, 0.25) is 11.8 Å². The predicted octanol–water partition coefficient (Wildman–Crippen LogP) is 2.42. The third-order valence-corrected chi connectivity index (χ3v) is 4.64. The number of morpholine rings is 1. The van der Waals surface area contributed by atoms with Gasteiger partial charge in [0.1, 0.15) is 6.54 Å². The molecular formula is C22H26N4O3. The van der Waals surface area contributed by atoms with Crippen LogP contribution in [0.5, 0.6) is 0 Å². The molecule has 2 aromatic rings. The van der Waals surface area contributed by atoms with Gasteiger partial charge in [0, 0.05) is 43.3 Å². The number of carbonyl (C=O) groups is 2. The zero-order valence-corrected chi connectivity index (χ0v) is 16.6. The number of rotatable bonds is 7. The molecule has 1 fully saturated rings. The number of benzene rings is 1. The summed E-state index contributed by atoms with van der Waals surface area (Å²) < 4.78 is 5.37. The fraction of sp³-hybridized carbons (Fsp3) is 0.318. The van der Waals surface area contributed by atoms with Crippen LogP contribution in [-0.2, 0) is 14.3 Å². The number of carbonyl (C=O) groups excluding carboxylic acids is 2. The van der Waals surface area contributed by atoms with Gasteiger partial charge in [-0.1, -0.05) is 6.07 Å². The first kappa shape index (κ1) is 20.5. The van der Waals surface area contributed by atoms with Gasteiger partial charge < -0.3 is 19.9 Å². The number of nitrogens with one attached hydrogen (secondary N) is 1. The monoisotopic (exact) mass is 394 g/mol. The van der Waals surface area contributed by atoms with Gasteiger partial charge in [0.25, 0.3) is 0 Å². The van der Waals surface area contributed by atoms with Crippen molar-refractivity contribution in [2.75, 3.05) is 49.6 Å². The molecule has 2 amide bonds. The SMILES string of the molecule is CCN(CC(=O)Nc1ccc(N2CCOCC2)cc1)C(=O)C=Cc1ccccn1. The molecule has 0 unspecified atom stereocenters. The second kappa shape index (κ2) is 10.4. The van der Waals surface area contributed by atoms with E-state index in [0.717, 1.165) is 32.0 Å². The molecule has 0 saturated carbocycles. The van der Waals surface area contributed by atoms with Gasteiger partial charge in [-0.15, -0.1) is 0 Å². The molecule has 2 heterocycles. The summed E-state index contributed by atoms with van der Waals surface area (Å²) in [7, 11) is 0. The van der Waals surface area contributed by atoms with Crippen molar-refractivity contribution >= 4 is 29.3 Å². The lowest BCUT2D eigenvalue weighted by Gasteiger charge is -2.29. The Hall–Kier alpha value is -3.19. The molecule has 1 aliphatic rings. The van der Waals surface area contributed by atoms with Crippen molar-refractivity contribution in [1.82, 2.24) is 9.88 Å². The third kappa shape index (κ3) is 6.15. The maximum Gasteiger partial charge on any atom is 0.247 e. The molecule has 1 aliphatic heterocycles. The highest BCUT2D eigenvalue weighted by Gasteiger charge is 2.14. The average molecular weight is 394 g/mol. The van der Waals surface area contributed by atoms with E-state index in [-0.39, 0.29) is 18.4 Å². The molecule has 1 aromatic carbocycles. The summed E-state index contributed by atoms with van der Waals surface area (Å²) in [6.07, 6.45) is 4.75. The number of amides is 2. The van der Waals surface area contributed by atoms with E-state index >= 15 is 0 Å². The Labute approximate surface area is 171 Å². The quantitative estimate of drug-likeness (QED) is 0.730. The van der Waals surface area contributed by atoms with Crippen molar-refractivity contribution in [2.24, 2.45) is 0 Å². The predicted molar refractivity (Wildman–Crippen MR) is 114 cm³/mol. The second-order valence-electron chi connectivity index (χ2n) is 6.63. The maximum absolute atomic E-state index is 12.4. The summed E-state index contributed by atoms with van der Waals surface area (Å²) in [5, 5.41) is 2.85. The Kier molecular flexibility index (Phi) is 7.35. The van der Waals surface area contributed by atoms with Crippen LogP contribution in [0.1, 0.15) is 12.6 Å². The highest BCUT2D eigenvalue weighted by Crippen LogP contribution is 2.19. The summed E-state index contributed by atoms with van der Waals surface area (Å²) in [5.41, 5.74) is 2.51. The number of ether oxygens (including phenoxy) is 1. The molecule has 3 rings (SSSR count). The highest BCUT2D eigenvalue weighted by molar-refractivity contribution is 5.98. The van der Waals surface area contributed by atoms with Crippen molar-refractivity contribution in [3.63, 3.8) is 0 Å². The van der Waals surface area contributed by atoms with Crippen molar-refractivity contribution in [1.29, 1.82) is 0 Å². The first-order chi connectivity index (χ1) is 14.2. The van der Waals surface area contributed by atoms with Crippen molar-refractivity contribution in [3.05, 3.63) is 60.4 Å². The van der Waals surface area contributed by atoms with E-state index < -0.39 is 0 Å². The van der Waals surface area contributed by atoms with Gasteiger partial charge in [-0.25, -0.2) is 0 Å². The normalized spacial score (nSPS) is 14.0. The van der Waals surface area contributed by atoms with Crippen LogP contribution in [0.4, 0.5) is 11.4 Å². The van der Waals surface area contributed by atoms with Crippen LogP contribution in [0, 0.1) is 0 Å². The van der Waals surface area contributed by atoms with E-state index in [1.807, 2.05) is 49.4 Å². The van der Waals surface area contributed by atoms with E-state index in [1.54, 1.807) is 12.3 Å². The fourth-order valence-electron chi connectivity index (χ4n) is 3.03. The summed E-state index contributed by atoms with van der Waals surface area (Å²) in [6.45, 7) is 5.47. The lowest BCUT2D eigenvalue weighted by molar-refractivity contribution is -0.130. The third-order valence-electron chi connectivity index (χ3n) is 4.64. The maximum atomic E-state index is 12.4.